The molecule has 0 bridgehead atoms. The van der Waals surface area contributed by atoms with Gasteiger partial charge in [0.05, 0.1) is 6.54 Å². The van der Waals surface area contributed by atoms with Crippen molar-refractivity contribution >= 4 is 0 Å². The lowest BCUT2D eigenvalue weighted by Crippen LogP contribution is -2.15. The smallest absolute Gasteiger partial charge is 0.162 e. The number of hydrogen-bond acceptors (Lipinski definition) is 4. The van der Waals surface area contributed by atoms with Crippen LogP contribution < -0.4 is 5.73 Å². The van der Waals surface area contributed by atoms with Gasteiger partial charge in [-0.2, -0.15) is 0 Å². The van der Waals surface area contributed by atoms with Crippen LogP contribution in [0, 0.1) is 5.92 Å². The van der Waals surface area contributed by atoms with Crippen LogP contribution in [0.4, 0.5) is 0 Å². The summed E-state index contributed by atoms with van der Waals surface area (Å²) in [6.45, 7) is 3.51. The molecule has 16 heavy (non-hydrogen) atoms. The van der Waals surface area contributed by atoms with Gasteiger partial charge < -0.3 is 15.0 Å². The zero-order valence-corrected chi connectivity index (χ0v) is 9.59. The molecule has 0 amide bonds. The molecular formula is C11H18N4O. The van der Waals surface area contributed by atoms with Gasteiger partial charge >= 0.3 is 0 Å². The van der Waals surface area contributed by atoms with Gasteiger partial charge in [0.2, 0.25) is 0 Å². The van der Waals surface area contributed by atoms with Crippen molar-refractivity contribution in [1.82, 2.24) is 14.8 Å². The highest BCUT2D eigenvalue weighted by Gasteiger charge is 2.36. The van der Waals surface area contributed by atoms with Crippen LogP contribution in [0.15, 0.2) is 0 Å². The van der Waals surface area contributed by atoms with E-state index in [9.17, 15) is 0 Å². The minimum absolute atomic E-state index is 0.119. The van der Waals surface area contributed by atoms with E-state index >= 15 is 0 Å². The monoisotopic (exact) mass is 222 g/mol. The van der Waals surface area contributed by atoms with Crippen LogP contribution in [0.25, 0.3) is 0 Å². The number of rotatable bonds is 3. The molecular weight excluding hydrogens is 204 g/mol. The summed E-state index contributed by atoms with van der Waals surface area (Å²) < 4.78 is 7.98. The van der Waals surface area contributed by atoms with E-state index < -0.39 is 0 Å². The molecule has 1 aromatic rings. The highest BCUT2D eigenvalue weighted by molar-refractivity contribution is 5.07. The number of nitrogens with two attached hydrogens (primary N) is 1. The van der Waals surface area contributed by atoms with Crippen molar-refractivity contribution in [2.24, 2.45) is 11.7 Å². The first-order valence-corrected chi connectivity index (χ1v) is 6.06. The first kappa shape index (κ1) is 10.2. The predicted octanol–water partition coefficient (Wildman–Crippen LogP) is 1.17. The van der Waals surface area contributed by atoms with Crippen molar-refractivity contribution < 1.29 is 4.74 Å². The van der Waals surface area contributed by atoms with E-state index in [0.717, 1.165) is 24.7 Å². The Kier molecular flexibility index (Phi) is 2.44. The Bertz CT molecular complexity index is 385. The number of nitrogens with zero attached hydrogens (tertiary/aromatic N) is 3. The average Bonchev–Trinajstić information content (AvgIpc) is 2.90. The van der Waals surface area contributed by atoms with Gasteiger partial charge in [0.15, 0.2) is 5.82 Å². The Balaban J connectivity index is 1.96. The summed E-state index contributed by atoms with van der Waals surface area (Å²) >= 11 is 0. The van der Waals surface area contributed by atoms with E-state index in [1.54, 1.807) is 0 Å². The molecule has 1 aliphatic heterocycles. The second-order valence-electron chi connectivity index (χ2n) is 4.84. The van der Waals surface area contributed by atoms with E-state index in [2.05, 4.69) is 21.7 Å². The van der Waals surface area contributed by atoms with E-state index in [1.165, 1.54) is 12.8 Å². The normalized spacial score (nSPS) is 29.9. The summed E-state index contributed by atoms with van der Waals surface area (Å²) in [5.41, 5.74) is 5.70. The third-order valence-electron chi connectivity index (χ3n) is 3.53. The second kappa shape index (κ2) is 3.82. The van der Waals surface area contributed by atoms with E-state index in [4.69, 9.17) is 10.5 Å². The molecule has 1 saturated heterocycles. The van der Waals surface area contributed by atoms with Crippen LogP contribution in [-0.4, -0.2) is 21.4 Å². The molecule has 2 N–H and O–H groups in total. The minimum atomic E-state index is 0.119. The topological polar surface area (TPSA) is 66.0 Å². The molecule has 3 rings (SSSR count). The van der Waals surface area contributed by atoms with Gasteiger partial charge in [-0.3, -0.25) is 0 Å². The van der Waals surface area contributed by atoms with Crippen LogP contribution in [0.2, 0.25) is 0 Å². The summed E-state index contributed by atoms with van der Waals surface area (Å²) in [6, 6.07) is 0.569. The fraction of sp³-hybridized carbons (Fsp3) is 0.818. The van der Waals surface area contributed by atoms with Gasteiger partial charge in [0.25, 0.3) is 0 Å². The average molecular weight is 222 g/mol. The van der Waals surface area contributed by atoms with Crippen molar-refractivity contribution in [3.05, 3.63) is 11.6 Å². The lowest BCUT2D eigenvalue weighted by Gasteiger charge is -2.16. The number of ether oxygens (including phenoxy) is 1. The van der Waals surface area contributed by atoms with Gasteiger partial charge in [0.1, 0.15) is 11.9 Å². The summed E-state index contributed by atoms with van der Waals surface area (Å²) in [7, 11) is 0. The van der Waals surface area contributed by atoms with Crippen LogP contribution >= 0.6 is 0 Å². The van der Waals surface area contributed by atoms with E-state index in [-0.39, 0.29) is 6.10 Å². The van der Waals surface area contributed by atoms with Gasteiger partial charge in [0, 0.05) is 12.6 Å². The van der Waals surface area contributed by atoms with Crippen molar-refractivity contribution in [2.75, 3.05) is 6.61 Å². The van der Waals surface area contributed by atoms with Crippen molar-refractivity contribution in [2.45, 2.75) is 44.9 Å². The Morgan fingerprint density at radius 3 is 2.75 bits per heavy atom. The van der Waals surface area contributed by atoms with Gasteiger partial charge in [-0.25, -0.2) is 0 Å². The highest BCUT2D eigenvalue weighted by Crippen LogP contribution is 2.41. The molecule has 2 aliphatic rings. The van der Waals surface area contributed by atoms with Crippen molar-refractivity contribution in [3.63, 3.8) is 0 Å². The molecule has 2 atom stereocenters. The summed E-state index contributed by atoms with van der Waals surface area (Å²) in [5.74, 6) is 2.43. The standard InChI is InChI=1S/C11H18N4O/c1-7-4-5-16-10(7)11-14-13-9(6-12)15(11)8-2-3-8/h7-8,10H,2-6,12H2,1H3. The van der Waals surface area contributed by atoms with E-state index in [1.807, 2.05) is 0 Å². The molecule has 5 heteroatoms. The van der Waals surface area contributed by atoms with E-state index in [0.29, 0.717) is 18.5 Å². The molecule has 2 fully saturated rings. The summed E-state index contributed by atoms with van der Waals surface area (Å²) in [4.78, 5) is 0. The Hall–Kier alpha value is -0.940. The lowest BCUT2D eigenvalue weighted by molar-refractivity contribution is 0.0837. The molecule has 1 aliphatic carbocycles. The first-order valence-electron chi connectivity index (χ1n) is 6.06. The van der Waals surface area contributed by atoms with Gasteiger partial charge in [-0.1, -0.05) is 6.92 Å². The van der Waals surface area contributed by atoms with Gasteiger partial charge in [-0.15, -0.1) is 10.2 Å². The Labute approximate surface area is 95.0 Å². The highest BCUT2D eigenvalue weighted by atomic mass is 16.5. The zero-order valence-electron chi connectivity index (χ0n) is 9.59. The summed E-state index contributed by atoms with van der Waals surface area (Å²) in [5, 5.41) is 8.47. The van der Waals surface area contributed by atoms with Crippen LogP contribution in [0.5, 0.6) is 0 Å². The maximum Gasteiger partial charge on any atom is 0.162 e. The predicted molar refractivity (Wildman–Crippen MR) is 58.7 cm³/mol. The molecule has 0 spiro atoms. The molecule has 5 nitrogen and oxygen atoms in total. The van der Waals surface area contributed by atoms with Gasteiger partial charge in [-0.05, 0) is 25.2 Å². The fourth-order valence-electron chi connectivity index (χ4n) is 2.43. The first-order chi connectivity index (χ1) is 7.81. The third kappa shape index (κ3) is 1.55. The minimum Gasteiger partial charge on any atom is -0.370 e. The molecule has 0 aromatic carbocycles. The van der Waals surface area contributed by atoms with Crippen molar-refractivity contribution in [1.29, 1.82) is 0 Å². The zero-order chi connectivity index (χ0) is 11.1. The van der Waals surface area contributed by atoms with Crippen LogP contribution in [0.3, 0.4) is 0 Å². The van der Waals surface area contributed by atoms with Crippen LogP contribution in [-0.2, 0) is 11.3 Å². The van der Waals surface area contributed by atoms with Crippen molar-refractivity contribution in [3.8, 4) is 0 Å². The molecule has 0 radical (unpaired) electrons. The molecule has 1 aromatic heterocycles. The second-order valence-corrected chi connectivity index (χ2v) is 4.84. The molecule has 88 valence electrons. The number of aromatic nitrogens is 3. The summed E-state index contributed by atoms with van der Waals surface area (Å²) in [6.07, 6.45) is 3.67. The quantitative estimate of drug-likeness (QED) is 0.833. The number of hydrogen-bond donors (Lipinski definition) is 1. The SMILES string of the molecule is CC1CCOC1c1nnc(CN)n1C1CC1. The largest absolute Gasteiger partial charge is 0.370 e. The molecule has 1 saturated carbocycles. The Morgan fingerprint density at radius 1 is 1.38 bits per heavy atom. The lowest BCUT2D eigenvalue weighted by atomic mass is 10.0. The Morgan fingerprint density at radius 2 is 2.19 bits per heavy atom. The fourth-order valence-corrected chi connectivity index (χ4v) is 2.43. The third-order valence-corrected chi connectivity index (χ3v) is 3.53. The molecule has 2 heterocycles. The molecule has 2 unspecified atom stereocenters. The maximum atomic E-state index is 5.76. The van der Waals surface area contributed by atoms with Crippen LogP contribution in [0.1, 0.15) is 50.0 Å². The maximum absolute atomic E-state index is 5.76.